The first kappa shape index (κ1) is 26.8. The fraction of sp³-hybridized carbons (Fsp3) is 0.486. The number of para-hydroxylation sites is 2. The first-order valence-corrected chi connectivity index (χ1v) is 16.3. The Morgan fingerprint density at radius 3 is 2.66 bits per heavy atom. The highest BCUT2D eigenvalue weighted by Gasteiger charge is 2.80. The van der Waals surface area contributed by atoms with E-state index in [1.165, 1.54) is 30.5 Å². The lowest BCUT2D eigenvalue weighted by atomic mass is 9.34. The van der Waals surface area contributed by atoms with E-state index in [2.05, 4.69) is 34.5 Å². The number of likely N-dealkylation sites (tertiary alicyclic amines) is 1. The highest BCUT2D eigenvalue weighted by molar-refractivity contribution is 6.06. The molecule has 10 rings (SSSR count). The van der Waals surface area contributed by atoms with Crippen molar-refractivity contribution < 1.29 is 24.1 Å². The molecule has 0 aromatic heterocycles. The fourth-order valence-corrected chi connectivity index (χ4v) is 10.7. The Hall–Kier alpha value is -3.55. The van der Waals surface area contributed by atoms with Crippen molar-refractivity contribution in [2.45, 2.75) is 74.0 Å². The number of carbonyl (C=O) groups excluding carboxylic acids is 1. The summed E-state index contributed by atoms with van der Waals surface area (Å²) in [6, 6.07) is 19.7. The molecule has 6 atom stereocenters. The van der Waals surface area contributed by atoms with Crippen LogP contribution in [0.1, 0.15) is 71.5 Å². The van der Waals surface area contributed by atoms with Gasteiger partial charge in [0.05, 0.1) is 12.7 Å². The predicted octanol–water partition coefficient (Wildman–Crippen LogP) is 6.05. The third-order valence-electron chi connectivity index (χ3n) is 12.6. The molecule has 7 aliphatic rings. The maximum atomic E-state index is 13.5. The number of aromatic hydroxyl groups is 1. The lowest BCUT2D eigenvalue weighted by Crippen LogP contribution is -2.80. The number of nitrogens with zero attached hydrogens (tertiary/aromatic N) is 1. The van der Waals surface area contributed by atoms with Crippen LogP contribution in [0.2, 0.25) is 0 Å². The summed E-state index contributed by atoms with van der Waals surface area (Å²) in [7, 11) is 3.60. The topological polar surface area (TPSA) is 80.3 Å². The number of carbonyl (C=O) groups is 1. The summed E-state index contributed by atoms with van der Waals surface area (Å²) >= 11 is 0. The fourth-order valence-electron chi connectivity index (χ4n) is 10.7. The average molecular weight is 593 g/mol. The van der Waals surface area contributed by atoms with E-state index in [4.69, 9.17) is 14.2 Å². The predicted molar refractivity (Wildman–Crippen MR) is 167 cm³/mol. The number of ether oxygens (including phenoxy) is 3. The van der Waals surface area contributed by atoms with Gasteiger partial charge in [0.2, 0.25) is 0 Å². The van der Waals surface area contributed by atoms with Gasteiger partial charge in [0, 0.05) is 47.7 Å². The Kier molecular flexibility index (Phi) is 5.63. The summed E-state index contributed by atoms with van der Waals surface area (Å²) in [5.41, 5.74) is 4.25. The van der Waals surface area contributed by atoms with Gasteiger partial charge >= 0.3 is 0 Å². The maximum absolute atomic E-state index is 13.5. The van der Waals surface area contributed by atoms with Gasteiger partial charge in [-0.2, -0.15) is 0 Å². The Bertz CT molecular complexity index is 1690. The second-order valence-corrected chi connectivity index (χ2v) is 14.1. The van der Waals surface area contributed by atoms with Crippen LogP contribution in [0.3, 0.4) is 0 Å². The highest BCUT2D eigenvalue weighted by atomic mass is 16.6. The number of anilines is 1. The SMILES string of the molecule is COc1ccc2c3c1O[C@H]1[C@@]4(OC)CC[C@@]5(C[C@@H]4c4ccccc4NC(=O)c4ccccc4O)[C@@H](C2)N(CC2CC2)CC[C@]315. The first-order valence-electron chi connectivity index (χ1n) is 16.3. The molecule has 2 N–H and O–H groups in total. The molecular weight excluding hydrogens is 552 g/mol. The number of phenols is 1. The summed E-state index contributed by atoms with van der Waals surface area (Å²) < 4.78 is 19.9. The van der Waals surface area contributed by atoms with Gasteiger partial charge in [-0.1, -0.05) is 36.4 Å². The van der Waals surface area contributed by atoms with Crippen molar-refractivity contribution in [2.75, 3.05) is 32.6 Å². The number of methoxy groups -OCH3 is 2. The van der Waals surface area contributed by atoms with Gasteiger partial charge in [0.15, 0.2) is 11.5 Å². The number of fused-ring (bicyclic) bond motifs is 2. The van der Waals surface area contributed by atoms with Crippen LogP contribution in [0.15, 0.2) is 60.7 Å². The molecule has 44 heavy (non-hydrogen) atoms. The van der Waals surface area contributed by atoms with Crippen molar-refractivity contribution in [1.29, 1.82) is 0 Å². The van der Waals surface area contributed by atoms with Crippen molar-refractivity contribution in [3.8, 4) is 17.2 Å². The molecule has 228 valence electrons. The van der Waals surface area contributed by atoms with Crippen molar-refractivity contribution >= 4 is 11.6 Å². The van der Waals surface area contributed by atoms with Gasteiger partial charge < -0.3 is 24.6 Å². The number of rotatable bonds is 7. The van der Waals surface area contributed by atoms with Gasteiger partial charge in [0.25, 0.3) is 5.91 Å². The minimum Gasteiger partial charge on any atom is -0.507 e. The quantitative estimate of drug-likeness (QED) is 0.348. The van der Waals surface area contributed by atoms with Crippen molar-refractivity contribution in [3.63, 3.8) is 0 Å². The highest BCUT2D eigenvalue weighted by Crippen LogP contribution is 2.78. The van der Waals surface area contributed by atoms with E-state index in [1.54, 1.807) is 31.4 Å². The molecule has 7 heteroatoms. The third kappa shape index (κ3) is 3.27. The molecule has 5 fully saturated rings. The minimum atomic E-state index is -0.570. The van der Waals surface area contributed by atoms with E-state index in [-0.39, 0.29) is 40.1 Å². The Morgan fingerprint density at radius 2 is 1.86 bits per heavy atom. The number of hydrogen-bond donors (Lipinski definition) is 2. The summed E-state index contributed by atoms with van der Waals surface area (Å²) in [5.74, 6) is 2.25. The average Bonchev–Trinajstić information content (AvgIpc) is 3.79. The molecule has 1 saturated heterocycles. The first-order chi connectivity index (χ1) is 21.5. The summed E-state index contributed by atoms with van der Waals surface area (Å²) in [4.78, 5) is 16.3. The molecule has 4 bridgehead atoms. The zero-order valence-electron chi connectivity index (χ0n) is 25.5. The number of benzene rings is 3. The summed E-state index contributed by atoms with van der Waals surface area (Å²) in [5, 5.41) is 13.6. The second kappa shape index (κ2) is 9.24. The molecular formula is C37H40N2O5. The van der Waals surface area contributed by atoms with Crippen molar-refractivity contribution in [2.24, 2.45) is 11.3 Å². The molecule has 2 spiro atoms. The normalized spacial score (nSPS) is 34.3. The van der Waals surface area contributed by atoms with E-state index in [0.29, 0.717) is 6.04 Å². The van der Waals surface area contributed by atoms with Gasteiger partial charge in [-0.05, 0) is 92.8 Å². The smallest absolute Gasteiger partial charge is 0.259 e. The molecule has 0 unspecified atom stereocenters. The van der Waals surface area contributed by atoms with Gasteiger partial charge in [-0.3, -0.25) is 9.69 Å². The van der Waals surface area contributed by atoms with E-state index in [1.807, 2.05) is 19.2 Å². The van der Waals surface area contributed by atoms with E-state index >= 15 is 0 Å². The molecule has 4 saturated carbocycles. The molecule has 3 aromatic rings. The van der Waals surface area contributed by atoms with Crippen LogP contribution in [0.5, 0.6) is 17.2 Å². The molecule has 2 aliphatic heterocycles. The third-order valence-corrected chi connectivity index (χ3v) is 12.6. The standard InChI is InChI=1S/C37H40N2O5/c1-42-29-14-13-23-19-30-35-15-16-37(43-2,34-36(35,31(23)32(29)44-34)17-18-39(30)21-22-11-12-22)26(20-35)24-7-3-5-9-27(24)38-33(41)25-8-4-6-10-28(25)40/h3-10,13-14,22,26,30,34,40H,11-12,15-21H2,1-2H3,(H,38,41)/t26-,30-,34-,35-,36+,37-/m1/s1. The number of nitrogens with one attached hydrogen (secondary N) is 1. The number of phenolic OH excluding ortho intramolecular Hbond substituents is 1. The van der Waals surface area contributed by atoms with Gasteiger partial charge in [-0.15, -0.1) is 0 Å². The minimum absolute atomic E-state index is 0.0190. The largest absolute Gasteiger partial charge is 0.507 e. The molecule has 5 aliphatic carbocycles. The van der Waals surface area contributed by atoms with E-state index in [9.17, 15) is 9.90 Å². The summed E-state index contributed by atoms with van der Waals surface area (Å²) in [6.45, 7) is 2.29. The van der Waals surface area contributed by atoms with Crippen LogP contribution in [0.25, 0.3) is 0 Å². The van der Waals surface area contributed by atoms with Crippen LogP contribution < -0.4 is 14.8 Å². The van der Waals surface area contributed by atoms with Gasteiger partial charge in [0.1, 0.15) is 17.5 Å². The van der Waals surface area contributed by atoms with Crippen molar-refractivity contribution in [3.05, 3.63) is 82.9 Å². The Balaban J connectivity index is 1.20. The zero-order valence-corrected chi connectivity index (χ0v) is 25.5. The van der Waals surface area contributed by atoms with Crippen LogP contribution in [-0.2, 0) is 16.6 Å². The van der Waals surface area contributed by atoms with Crippen LogP contribution >= 0.6 is 0 Å². The number of amides is 1. The summed E-state index contributed by atoms with van der Waals surface area (Å²) in [6.07, 6.45) is 7.64. The van der Waals surface area contributed by atoms with Gasteiger partial charge in [-0.25, -0.2) is 0 Å². The van der Waals surface area contributed by atoms with E-state index < -0.39 is 5.60 Å². The van der Waals surface area contributed by atoms with Crippen LogP contribution in [-0.4, -0.2) is 61.0 Å². The number of piperidine rings is 1. The number of hydrogen-bond acceptors (Lipinski definition) is 6. The Labute approximate surface area is 258 Å². The zero-order chi connectivity index (χ0) is 29.8. The lowest BCUT2D eigenvalue weighted by Gasteiger charge is -2.74. The van der Waals surface area contributed by atoms with E-state index in [0.717, 1.165) is 67.3 Å². The Morgan fingerprint density at radius 1 is 1.05 bits per heavy atom. The van der Waals surface area contributed by atoms with Crippen LogP contribution in [0, 0.1) is 11.3 Å². The molecule has 2 heterocycles. The van der Waals surface area contributed by atoms with Crippen LogP contribution in [0.4, 0.5) is 5.69 Å². The molecule has 0 radical (unpaired) electrons. The monoisotopic (exact) mass is 592 g/mol. The molecule has 3 aromatic carbocycles. The second-order valence-electron chi connectivity index (χ2n) is 14.1. The van der Waals surface area contributed by atoms with Crippen molar-refractivity contribution in [1.82, 2.24) is 4.90 Å². The lowest BCUT2D eigenvalue weighted by molar-refractivity contribution is -0.261. The molecule has 1 amide bonds. The molecule has 7 nitrogen and oxygen atoms in total. The maximum Gasteiger partial charge on any atom is 0.259 e.